The van der Waals surface area contributed by atoms with E-state index in [1.807, 2.05) is 6.92 Å². The van der Waals surface area contributed by atoms with E-state index in [1.54, 1.807) is 0 Å². The van der Waals surface area contributed by atoms with Crippen LogP contribution in [0.3, 0.4) is 0 Å². The Bertz CT molecular complexity index is 260. The van der Waals surface area contributed by atoms with E-state index in [1.165, 1.54) is 19.3 Å². The fourth-order valence-corrected chi connectivity index (χ4v) is 2.31. The molecule has 2 nitrogen and oxygen atoms in total. The lowest BCUT2D eigenvalue weighted by Crippen LogP contribution is -2.33. The monoisotopic (exact) mass is 209 g/mol. The van der Waals surface area contributed by atoms with Crippen molar-refractivity contribution in [1.82, 2.24) is 0 Å². The van der Waals surface area contributed by atoms with Crippen LogP contribution in [0.15, 0.2) is 17.3 Å². The zero-order valence-electron chi connectivity index (χ0n) is 10.2. The fraction of sp³-hybridized carbons (Fsp3) is 0.769. The first kappa shape index (κ1) is 12.3. The molecule has 0 spiro atoms. The highest BCUT2D eigenvalue weighted by atomic mass is 16.4. The highest BCUT2D eigenvalue weighted by Crippen LogP contribution is 2.36. The minimum absolute atomic E-state index is 0.170. The van der Waals surface area contributed by atoms with Crippen LogP contribution < -0.4 is 0 Å². The Morgan fingerprint density at radius 1 is 1.27 bits per heavy atom. The van der Waals surface area contributed by atoms with Gasteiger partial charge in [0, 0.05) is 11.3 Å². The van der Waals surface area contributed by atoms with Crippen molar-refractivity contribution in [3.05, 3.63) is 12.2 Å². The average molecular weight is 209 g/mol. The van der Waals surface area contributed by atoms with Gasteiger partial charge in [-0.05, 0) is 19.8 Å². The van der Waals surface area contributed by atoms with Gasteiger partial charge in [-0.1, -0.05) is 50.4 Å². The zero-order valence-corrected chi connectivity index (χ0v) is 10.2. The topological polar surface area (TPSA) is 32.6 Å². The van der Waals surface area contributed by atoms with Crippen LogP contribution >= 0.6 is 0 Å². The van der Waals surface area contributed by atoms with Crippen LogP contribution in [0.1, 0.15) is 52.9 Å². The Labute approximate surface area is 93.1 Å². The molecule has 0 saturated heterocycles. The molecule has 0 unspecified atom stereocenters. The molecule has 2 heteroatoms. The van der Waals surface area contributed by atoms with Crippen molar-refractivity contribution >= 4 is 5.71 Å². The normalized spacial score (nSPS) is 20.3. The average Bonchev–Trinajstić information content (AvgIpc) is 2.19. The van der Waals surface area contributed by atoms with E-state index < -0.39 is 0 Å². The van der Waals surface area contributed by atoms with E-state index in [-0.39, 0.29) is 5.41 Å². The van der Waals surface area contributed by atoms with Crippen molar-refractivity contribution < 1.29 is 5.21 Å². The zero-order chi connectivity index (χ0) is 11.5. The summed E-state index contributed by atoms with van der Waals surface area (Å²) in [6.07, 6.45) is 6.17. The molecule has 0 amide bonds. The van der Waals surface area contributed by atoms with Crippen LogP contribution in [0, 0.1) is 11.3 Å². The third kappa shape index (κ3) is 2.61. The Hall–Kier alpha value is -0.790. The van der Waals surface area contributed by atoms with Crippen LogP contribution in [0.4, 0.5) is 0 Å². The summed E-state index contributed by atoms with van der Waals surface area (Å²) in [5.41, 5.74) is 1.83. The molecular weight excluding hydrogens is 186 g/mol. The largest absolute Gasteiger partial charge is 0.411 e. The van der Waals surface area contributed by atoms with Crippen molar-refractivity contribution in [3.63, 3.8) is 0 Å². The molecule has 1 saturated carbocycles. The van der Waals surface area contributed by atoms with E-state index in [2.05, 4.69) is 25.6 Å². The Morgan fingerprint density at radius 2 is 1.80 bits per heavy atom. The van der Waals surface area contributed by atoms with Gasteiger partial charge in [0.15, 0.2) is 0 Å². The van der Waals surface area contributed by atoms with Crippen molar-refractivity contribution in [3.8, 4) is 0 Å². The molecule has 0 aromatic rings. The van der Waals surface area contributed by atoms with Crippen LogP contribution in [0.5, 0.6) is 0 Å². The maximum absolute atomic E-state index is 9.21. The smallest absolute Gasteiger partial charge is 0.0697 e. The second-order valence-electron chi connectivity index (χ2n) is 5.23. The number of hydrogen-bond donors (Lipinski definition) is 1. The molecule has 15 heavy (non-hydrogen) atoms. The lowest BCUT2D eigenvalue weighted by molar-refractivity contribution is 0.298. The predicted octanol–water partition coefficient (Wildman–Crippen LogP) is 4.00. The van der Waals surface area contributed by atoms with E-state index in [4.69, 9.17) is 0 Å². The van der Waals surface area contributed by atoms with Gasteiger partial charge in [0.05, 0.1) is 5.71 Å². The van der Waals surface area contributed by atoms with Gasteiger partial charge in [0.1, 0.15) is 0 Å². The number of nitrogens with zero attached hydrogens (tertiary/aromatic N) is 1. The van der Waals surface area contributed by atoms with Crippen LogP contribution in [0.2, 0.25) is 0 Å². The standard InChI is InChI=1S/C13H23NO/c1-10(2)13(3,4)12(14-15)11-8-6-5-7-9-11/h11,15H,1,5-9H2,2-4H3/b14-12+. The molecule has 0 aromatic heterocycles. The molecule has 0 bridgehead atoms. The molecule has 86 valence electrons. The summed E-state index contributed by atoms with van der Waals surface area (Å²) in [5, 5.41) is 12.8. The molecule has 0 aliphatic heterocycles. The van der Waals surface area contributed by atoms with Gasteiger partial charge in [-0.3, -0.25) is 0 Å². The first-order valence-corrected chi connectivity index (χ1v) is 5.88. The molecule has 1 aliphatic carbocycles. The van der Waals surface area contributed by atoms with Gasteiger partial charge in [0.2, 0.25) is 0 Å². The van der Waals surface area contributed by atoms with E-state index >= 15 is 0 Å². The third-order valence-electron chi connectivity index (χ3n) is 3.81. The van der Waals surface area contributed by atoms with Gasteiger partial charge in [-0.15, -0.1) is 0 Å². The minimum atomic E-state index is -0.170. The molecule has 1 rings (SSSR count). The number of allylic oxidation sites excluding steroid dienone is 1. The van der Waals surface area contributed by atoms with E-state index in [0.717, 1.165) is 24.1 Å². The summed E-state index contributed by atoms with van der Waals surface area (Å²) in [6, 6.07) is 0. The van der Waals surface area contributed by atoms with Crippen molar-refractivity contribution in [2.45, 2.75) is 52.9 Å². The lowest BCUT2D eigenvalue weighted by atomic mass is 9.71. The van der Waals surface area contributed by atoms with Crippen molar-refractivity contribution in [2.75, 3.05) is 0 Å². The number of oxime groups is 1. The summed E-state index contributed by atoms with van der Waals surface area (Å²) in [5.74, 6) is 0.454. The van der Waals surface area contributed by atoms with Crippen LogP contribution in [0.25, 0.3) is 0 Å². The summed E-state index contributed by atoms with van der Waals surface area (Å²) >= 11 is 0. The Kier molecular flexibility index (Phi) is 3.95. The van der Waals surface area contributed by atoms with Gasteiger partial charge < -0.3 is 5.21 Å². The molecule has 1 aliphatic rings. The summed E-state index contributed by atoms with van der Waals surface area (Å²) in [7, 11) is 0. The molecule has 0 radical (unpaired) electrons. The van der Waals surface area contributed by atoms with E-state index in [9.17, 15) is 5.21 Å². The highest BCUT2D eigenvalue weighted by molar-refractivity contribution is 5.93. The molecule has 0 heterocycles. The molecule has 0 aromatic carbocycles. The van der Waals surface area contributed by atoms with Crippen LogP contribution in [-0.2, 0) is 0 Å². The van der Waals surface area contributed by atoms with Gasteiger partial charge in [0.25, 0.3) is 0 Å². The van der Waals surface area contributed by atoms with Gasteiger partial charge in [-0.25, -0.2) is 0 Å². The molecule has 0 atom stereocenters. The first-order chi connectivity index (χ1) is 7.00. The Balaban J connectivity index is 2.83. The maximum Gasteiger partial charge on any atom is 0.0697 e. The molecule has 1 N–H and O–H groups in total. The summed E-state index contributed by atoms with van der Waals surface area (Å²) < 4.78 is 0. The second-order valence-corrected chi connectivity index (χ2v) is 5.23. The quantitative estimate of drug-likeness (QED) is 0.324. The van der Waals surface area contributed by atoms with Crippen LogP contribution in [-0.4, -0.2) is 10.9 Å². The van der Waals surface area contributed by atoms with Crippen molar-refractivity contribution in [1.29, 1.82) is 0 Å². The lowest BCUT2D eigenvalue weighted by Gasteiger charge is -2.33. The third-order valence-corrected chi connectivity index (χ3v) is 3.81. The Morgan fingerprint density at radius 3 is 2.20 bits per heavy atom. The number of hydrogen-bond acceptors (Lipinski definition) is 2. The van der Waals surface area contributed by atoms with E-state index in [0.29, 0.717) is 5.92 Å². The maximum atomic E-state index is 9.21. The van der Waals surface area contributed by atoms with Crippen molar-refractivity contribution in [2.24, 2.45) is 16.5 Å². The van der Waals surface area contributed by atoms with Gasteiger partial charge >= 0.3 is 0 Å². The first-order valence-electron chi connectivity index (χ1n) is 5.88. The summed E-state index contributed by atoms with van der Waals surface area (Å²) in [6.45, 7) is 10.2. The number of rotatable bonds is 3. The second kappa shape index (κ2) is 4.82. The minimum Gasteiger partial charge on any atom is -0.411 e. The molecular formula is C13H23NO. The predicted molar refractivity (Wildman–Crippen MR) is 64.4 cm³/mol. The SMILES string of the molecule is C=C(C)C(C)(C)/C(=N/O)C1CCCCC1. The fourth-order valence-electron chi connectivity index (χ4n) is 2.31. The highest BCUT2D eigenvalue weighted by Gasteiger charge is 2.33. The molecule has 1 fully saturated rings. The van der Waals surface area contributed by atoms with Gasteiger partial charge in [-0.2, -0.15) is 0 Å². The summed E-state index contributed by atoms with van der Waals surface area (Å²) in [4.78, 5) is 0.